The Hall–Kier alpha value is -2.98. The SMILES string of the molecule is CC1=CC(=C(C#N)C#N)C=C(C)N1c1cccc(O)c1. The van der Waals surface area contributed by atoms with Gasteiger partial charge in [-0.05, 0) is 38.1 Å². The van der Waals surface area contributed by atoms with Gasteiger partial charge in [-0.15, -0.1) is 0 Å². The summed E-state index contributed by atoms with van der Waals surface area (Å²) >= 11 is 0. The van der Waals surface area contributed by atoms with E-state index in [4.69, 9.17) is 10.5 Å². The molecule has 98 valence electrons. The van der Waals surface area contributed by atoms with E-state index in [1.807, 2.05) is 37.0 Å². The summed E-state index contributed by atoms with van der Waals surface area (Å²) < 4.78 is 0. The van der Waals surface area contributed by atoms with E-state index >= 15 is 0 Å². The van der Waals surface area contributed by atoms with E-state index in [2.05, 4.69) is 0 Å². The normalized spacial score (nSPS) is 14.0. The van der Waals surface area contributed by atoms with Crippen molar-refractivity contribution >= 4 is 5.69 Å². The quantitative estimate of drug-likeness (QED) is 0.788. The monoisotopic (exact) mass is 263 g/mol. The summed E-state index contributed by atoms with van der Waals surface area (Å²) in [6.07, 6.45) is 3.58. The van der Waals surface area contributed by atoms with Gasteiger partial charge in [0.05, 0.1) is 0 Å². The number of aromatic hydroxyl groups is 1. The molecule has 0 radical (unpaired) electrons. The molecule has 4 heteroatoms. The molecule has 1 N–H and O–H groups in total. The van der Waals surface area contributed by atoms with Crippen molar-refractivity contribution in [1.29, 1.82) is 10.5 Å². The lowest BCUT2D eigenvalue weighted by molar-refractivity contribution is 0.475. The average Bonchev–Trinajstić information content (AvgIpc) is 2.39. The largest absolute Gasteiger partial charge is 0.508 e. The lowest BCUT2D eigenvalue weighted by atomic mass is 10.0. The minimum absolute atomic E-state index is 0.0965. The molecule has 0 saturated heterocycles. The second-order valence-corrected chi connectivity index (χ2v) is 4.48. The summed E-state index contributed by atoms with van der Waals surface area (Å²) in [6.45, 7) is 3.79. The standard InChI is InChI=1S/C16H13N3O/c1-11-6-13(14(9-17)10-18)7-12(2)19(11)15-4-3-5-16(20)8-15/h3-8,20H,1-2H3. The molecule has 20 heavy (non-hydrogen) atoms. The third-order valence-corrected chi connectivity index (χ3v) is 3.03. The van der Waals surface area contributed by atoms with Crippen LogP contribution in [-0.2, 0) is 0 Å². The Bertz CT molecular complexity index is 689. The van der Waals surface area contributed by atoms with Crippen LogP contribution < -0.4 is 4.90 Å². The van der Waals surface area contributed by atoms with Crippen LogP contribution in [0.1, 0.15) is 13.8 Å². The summed E-state index contributed by atoms with van der Waals surface area (Å²) in [7, 11) is 0. The molecule has 0 aromatic heterocycles. The molecule has 0 unspecified atom stereocenters. The van der Waals surface area contributed by atoms with E-state index < -0.39 is 0 Å². The summed E-state index contributed by atoms with van der Waals surface area (Å²) in [4.78, 5) is 1.95. The fraction of sp³-hybridized carbons (Fsp3) is 0.125. The van der Waals surface area contributed by atoms with Gasteiger partial charge in [-0.3, -0.25) is 0 Å². The number of allylic oxidation sites excluding steroid dienone is 6. The number of phenols is 1. The van der Waals surface area contributed by atoms with E-state index in [9.17, 15) is 5.11 Å². The van der Waals surface area contributed by atoms with Gasteiger partial charge >= 0.3 is 0 Å². The Labute approximate surface area is 117 Å². The average molecular weight is 263 g/mol. The maximum atomic E-state index is 9.57. The number of phenolic OH excluding ortho intramolecular Hbond substituents is 1. The van der Waals surface area contributed by atoms with Gasteiger partial charge in [0.2, 0.25) is 0 Å². The first-order chi connectivity index (χ1) is 9.56. The molecular formula is C16H13N3O. The van der Waals surface area contributed by atoms with Crippen molar-refractivity contribution in [3.8, 4) is 17.9 Å². The fourth-order valence-electron chi connectivity index (χ4n) is 2.24. The first-order valence-electron chi connectivity index (χ1n) is 6.07. The molecule has 1 aromatic carbocycles. The summed E-state index contributed by atoms with van der Waals surface area (Å²) in [5.74, 6) is 0.194. The van der Waals surface area contributed by atoms with Crippen molar-refractivity contribution in [2.24, 2.45) is 0 Å². The van der Waals surface area contributed by atoms with Gasteiger partial charge in [0.15, 0.2) is 0 Å². The highest BCUT2D eigenvalue weighted by Crippen LogP contribution is 2.31. The molecule has 0 atom stereocenters. The zero-order chi connectivity index (χ0) is 14.7. The van der Waals surface area contributed by atoms with Crippen molar-refractivity contribution < 1.29 is 5.11 Å². The molecule has 1 heterocycles. The number of benzene rings is 1. The van der Waals surface area contributed by atoms with Crippen molar-refractivity contribution in [3.63, 3.8) is 0 Å². The van der Waals surface area contributed by atoms with Gasteiger partial charge in [0.25, 0.3) is 0 Å². The van der Waals surface area contributed by atoms with Crippen LogP contribution in [-0.4, -0.2) is 5.11 Å². The molecular weight excluding hydrogens is 250 g/mol. The number of nitrogens with zero attached hydrogens (tertiary/aromatic N) is 3. The zero-order valence-electron chi connectivity index (χ0n) is 11.3. The minimum Gasteiger partial charge on any atom is -0.508 e. The number of rotatable bonds is 1. The third-order valence-electron chi connectivity index (χ3n) is 3.03. The lowest BCUT2D eigenvalue weighted by Crippen LogP contribution is -2.21. The number of hydrogen-bond donors (Lipinski definition) is 1. The van der Waals surface area contributed by atoms with E-state index in [1.54, 1.807) is 30.4 Å². The van der Waals surface area contributed by atoms with Gasteiger partial charge < -0.3 is 10.0 Å². The maximum absolute atomic E-state index is 9.57. The van der Waals surface area contributed by atoms with Crippen LogP contribution in [0.25, 0.3) is 0 Å². The van der Waals surface area contributed by atoms with Crippen LogP contribution in [0.4, 0.5) is 5.69 Å². The zero-order valence-corrected chi connectivity index (χ0v) is 11.3. The first kappa shape index (κ1) is 13.5. The molecule has 1 aliphatic rings. The molecule has 4 nitrogen and oxygen atoms in total. The third kappa shape index (κ3) is 2.41. The molecule has 0 saturated carbocycles. The predicted molar refractivity (Wildman–Crippen MR) is 76.4 cm³/mol. The van der Waals surface area contributed by atoms with E-state index in [0.29, 0.717) is 5.57 Å². The highest BCUT2D eigenvalue weighted by molar-refractivity contribution is 5.65. The lowest BCUT2D eigenvalue weighted by Gasteiger charge is -2.29. The van der Waals surface area contributed by atoms with Gasteiger partial charge in [-0.25, -0.2) is 0 Å². The fourth-order valence-corrected chi connectivity index (χ4v) is 2.24. The Morgan fingerprint density at radius 1 is 1.10 bits per heavy atom. The van der Waals surface area contributed by atoms with Crippen molar-refractivity contribution in [3.05, 3.63) is 59.0 Å². The molecule has 0 fully saturated rings. The first-order valence-corrected chi connectivity index (χ1v) is 6.07. The molecule has 0 spiro atoms. The van der Waals surface area contributed by atoms with Gasteiger partial charge in [-0.2, -0.15) is 10.5 Å². The second kappa shape index (κ2) is 5.34. The van der Waals surface area contributed by atoms with E-state index in [1.165, 1.54) is 0 Å². The van der Waals surface area contributed by atoms with Gasteiger partial charge in [-0.1, -0.05) is 6.07 Å². The predicted octanol–water partition coefficient (Wildman–Crippen LogP) is 3.36. The molecule has 1 aliphatic heterocycles. The van der Waals surface area contributed by atoms with E-state index in [0.717, 1.165) is 17.1 Å². The molecule has 0 bridgehead atoms. The highest BCUT2D eigenvalue weighted by atomic mass is 16.3. The van der Waals surface area contributed by atoms with Gasteiger partial charge in [0, 0.05) is 28.7 Å². The van der Waals surface area contributed by atoms with Crippen LogP contribution >= 0.6 is 0 Å². The van der Waals surface area contributed by atoms with Gasteiger partial charge in [0.1, 0.15) is 23.5 Å². The minimum atomic E-state index is 0.0965. The number of nitriles is 2. The Kier molecular flexibility index (Phi) is 3.59. The molecule has 1 aromatic rings. The van der Waals surface area contributed by atoms with Crippen LogP contribution in [0.3, 0.4) is 0 Å². The van der Waals surface area contributed by atoms with Crippen LogP contribution in [0.5, 0.6) is 5.75 Å². The second-order valence-electron chi connectivity index (χ2n) is 4.48. The Balaban J connectivity index is 2.51. The molecule has 2 rings (SSSR count). The van der Waals surface area contributed by atoms with Crippen LogP contribution in [0, 0.1) is 22.7 Å². The van der Waals surface area contributed by atoms with Crippen LogP contribution in [0.2, 0.25) is 0 Å². The van der Waals surface area contributed by atoms with Crippen LogP contribution in [0.15, 0.2) is 59.0 Å². The summed E-state index contributed by atoms with van der Waals surface area (Å²) in [5, 5.41) is 27.4. The highest BCUT2D eigenvalue weighted by Gasteiger charge is 2.17. The Morgan fingerprint density at radius 3 is 2.20 bits per heavy atom. The topological polar surface area (TPSA) is 71.0 Å². The smallest absolute Gasteiger partial charge is 0.137 e. The summed E-state index contributed by atoms with van der Waals surface area (Å²) in [6, 6.07) is 10.7. The molecule has 0 aliphatic carbocycles. The van der Waals surface area contributed by atoms with Crippen molar-refractivity contribution in [2.45, 2.75) is 13.8 Å². The number of hydrogen-bond acceptors (Lipinski definition) is 4. The Morgan fingerprint density at radius 2 is 1.70 bits per heavy atom. The van der Waals surface area contributed by atoms with E-state index in [-0.39, 0.29) is 11.3 Å². The summed E-state index contributed by atoms with van der Waals surface area (Å²) in [5.41, 5.74) is 3.31. The molecule has 0 amide bonds. The number of anilines is 1. The van der Waals surface area contributed by atoms with Crippen molar-refractivity contribution in [1.82, 2.24) is 0 Å². The van der Waals surface area contributed by atoms with Crippen molar-refractivity contribution in [2.75, 3.05) is 4.90 Å². The maximum Gasteiger partial charge on any atom is 0.137 e.